The predicted octanol–water partition coefficient (Wildman–Crippen LogP) is 0.771. The number of aliphatic hydroxyl groups is 1. The summed E-state index contributed by atoms with van der Waals surface area (Å²) in [6.45, 7) is 4.05. The SMILES string of the molecule is Cc1nn(C)c(C)c1C#CCCO. The molecule has 3 heteroatoms. The molecule has 0 radical (unpaired) electrons. The smallest absolute Gasteiger partial charge is 0.0752 e. The molecule has 0 aromatic carbocycles. The van der Waals surface area contributed by atoms with Crippen LogP contribution < -0.4 is 0 Å². The van der Waals surface area contributed by atoms with Crippen LogP contribution in [0.15, 0.2) is 0 Å². The molecule has 0 bridgehead atoms. The Morgan fingerprint density at radius 3 is 2.62 bits per heavy atom. The summed E-state index contributed by atoms with van der Waals surface area (Å²) in [5, 5.41) is 12.8. The molecule has 70 valence electrons. The van der Waals surface area contributed by atoms with Gasteiger partial charge in [-0.25, -0.2) is 0 Å². The molecule has 0 saturated carbocycles. The van der Waals surface area contributed by atoms with Crippen molar-refractivity contribution in [2.45, 2.75) is 20.3 Å². The van der Waals surface area contributed by atoms with Crippen LogP contribution in [-0.4, -0.2) is 21.5 Å². The van der Waals surface area contributed by atoms with Gasteiger partial charge in [0.15, 0.2) is 0 Å². The molecule has 1 N–H and O–H groups in total. The summed E-state index contributed by atoms with van der Waals surface area (Å²) >= 11 is 0. The largest absolute Gasteiger partial charge is 0.395 e. The number of aromatic nitrogens is 2. The van der Waals surface area contributed by atoms with E-state index >= 15 is 0 Å². The van der Waals surface area contributed by atoms with Crippen LogP contribution in [0.5, 0.6) is 0 Å². The Kier molecular flexibility index (Phi) is 3.10. The van der Waals surface area contributed by atoms with E-state index in [1.165, 1.54) is 0 Å². The van der Waals surface area contributed by atoms with Crippen molar-refractivity contribution < 1.29 is 5.11 Å². The van der Waals surface area contributed by atoms with Gasteiger partial charge in [-0.05, 0) is 13.8 Å². The van der Waals surface area contributed by atoms with Crippen molar-refractivity contribution in [1.29, 1.82) is 0 Å². The number of aryl methyl sites for hydroxylation is 2. The highest BCUT2D eigenvalue weighted by Crippen LogP contribution is 2.09. The van der Waals surface area contributed by atoms with Crippen LogP contribution in [0.4, 0.5) is 0 Å². The maximum absolute atomic E-state index is 8.56. The summed E-state index contributed by atoms with van der Waals surface area (Å²) in [4.78, 5) is 0. The van der Waals surface area contributed by atoms with Gasteiger partial charge in [-0.2, -0.15) is 5.10 Å². The summed E-state index contributed by atoms with van der Waals surface area (Å²) in [5.41, 5.74) is 3.00. The van der Waals surface area contributed by atoms with E-state index < -0.39 is 0 Å². The van der Waals surface area contributed by atoms with Crippen LogP contribution in [0.1, 0.15) is 23.4 Å². The van der Waals surface area contributed by atoms with Crippen LogP contribution in [0.3, 0.4) is 0 Å². The third kappa shape index (κ3) is 2.10. The van der Waals surface area contributed by atoms with Crippen LogP contribution in [0, 0.1) is 25.7 Å². The van der Waals surface area contributed by atoms with Gasteiger partial charge in [0.1, 0.15) is 0 Å². The lowest BCUT2D eigenvalue weighted by atomic mass is 10.2. The van der Waals surface area contributed by atoms with Crippen LogP contribution in [0.2, 0.25) is 0 Å². The van der Waals surface area contributed by atoms with E-state index in [0.29, 0.717) is 6.42 Å². The minimum absolute atomic E-state index is 0.116. The fourth-order valence-electron chi connectivity index (χ4n) is 1.16. The van der Waals surface area contributed by atoms with Crippen LogP contribution >= 0.6 is 0 Å². The summed E-state index contributed by atoms with van der Waals surface area (Å²) in [5.74, 6) is 5.90. The molecule has 0 aliphatic rings. The quantitative estimate of drug-likeness (QED) is 0.645. The number of aliphatic hydroxyl groups excluding tert-OH is 1. The lowest BCUT2D eigenvalue weighted by Crippen LogP contribution is -1.92. The van der Waals surface area contributed by atoms with Gasteiger partial charge in [-0.3, -0.25) is 4.68 Å². The van der Waals surface area contributed by atoms with Crippen molar-refractivity contribution in [3.8, 4) is 11.8 Å². The first-order valence-electron chi connectivity index (χ1n) is 4.26. The van der Waals surface area contributed by atoms with Crippen molar-refractivity contribution >= 4 is 0 Å². The molecular formula is C10H14N2O. The van der Waals surface area contributed by atoms with Gasteiger partial charge in [0, 0.05) is 13.5 Å². The first-order chi connectivity index (χ1) is 6.16. The second-order valence-electron chi connectivity index (χ2n) is 2.94. The lowest BCUT2D eigenvalue weighted by molar-refractivity contribution is 0.305. The van der Waals surface area contributed by atoms with Gasteiger partial charge in [-0.15, -0.1) is 0 Å². The zero-order chi connectivity index (χ0) is 9.84. The molecule has 1 rings (SSSR count). The first kappa shape index (κ1) is 9.82. The molecule has 3 nitrogen and oxygen atoms in total. The van der Waals surface area contributed by atoms with Gasteiger partial charge >= 0.3 is 0 Å². The number of rotatable bonds is 1. The van der Waals surface area contributed by atoms with Crippen molar-refractivity contribution in [1.82, 2.24) is 9.78 Å². The first-order valence-corrected chi connectivity index (χ1v) is 4.26. The normalized spacial score (nSPS) is 9.54. The molecule has 0 spiro atoms. The van der Waals surface area contributed by atoms with Crippen LogP contribution in [0.25, 0.3) is 0 Å². The topological polar surface area (TPSA) is 38.0 Å². The Bertz CT molecular complexity index is 355. The van der Waals surface area contributed by atoms with Gasteiger partial charge in [0.25, 0.3) is 0 Å². The monoisotopic (exact) mass is 178 g/mol. The third-order valence-corrected chi connectivity index (χ3v) is 1.96. The van der Waals surface area contributed by atoms with Crippen molar-refractivity contribution in [3.05, 3.63) is 17.0 Å². The molecule has 0 amide bonds. The minimum Gasteiger partial charge on any atom is -0.395 e. The van der Waals surface area contributed by atoms with Crippen LogP contribution in [-0.2, 0) is 7.05 Å². The lowest BCUT2D eigenvalue weighted by Gasteiger charge is -1.91. The molecule has 0 fully saturated rings. The van der Waals surface area contributed by atoms with Crippen molar-refractivity contribution in [2.24, 2.45) is 7.05 Å². The molecule has 0 saturated heterocycles. The molecule has 0 atom stereocenters. The Labute approximate surface area is 78.4 Å². The van der Waals surface area contributed by atoms with Crippen molar-refractivity contribution in [3.63, 3.8) is 0 Å². The number of hydrogen-bond acceptors (Lipinski definition) is 2. The molecule has 1 heterocycles. The predicted molar refractivity (Wildman–Crippen MR) is 51.3 cm³/mol. The van der Waals surface area contributed by atoms with Crippen molar-refractivity contribution in [2.75, 3.05) is 6.61 Å². The standard InChI is InChI=1S/C10H14N2O/c1-8-10(6-4-5-7-13)9(2)12(3)11-8/h13H,5,7H2,1-3H3. The number of nitrogens with zero attached hydrogens (tertiary/aromatic N) is 2. The zero-order valence-corrected chi connectivity index (χ0v) is 8.26. The second-order valence-corrected chi connectivity index (χ2v) is 2.94. The zero-order valence-electron chi connectivity index (χ0n) is 8.26. The van der Waals surface area contributed by atoms with E-state index in [0.717, 1.165) is 17.0 Å². The molecule has 1 aromatic rings. The Morgan fingerprint density at radius 2 is 2.15 bits per heavy atom. The van der Waals surface area contributed by atoms with E-state index in [9.17, 15) is 0 Å². The molecule has 0 aliphatic heterocycles. The highest BCUT2D eigenvalue weighted by atomic mass is 16.2. The molecule has 0 unspecified atom stereocenters. The van der Waals surface area contributed by atoms with Gasteiger partial charge < -0.3 is 5.11 Å². The average molecular weight is 178 g/mol. The Balaban J connectivity index is 2.96. The summed E-state index contributed by atoms with van der Waals surface area (Å²) in [7, 11) is 1.90. The Hall–Kier alpha value is -1.27. The van der Waals surface area contributed by atoms with Gasteiger partial charge in [0.05, 0.1) is 23.6 Å². The highest BCUT2D eigenvalue weighted by Gasteiger charge is 2.05. The van der Waals surface area contributed by atoms with Gasteiger partial charge in [-0.1, -0.05) is 11.8 Å². The van der Waals surface area contributed by atoms with E-state index in [1.54, 1.807) is 0 Å². The highest BCUT2D eigenvalue weighted by molar-refractivity contribution is 5.41. The fourth-order valence-corrected chi connectivity index (χ4v) is 1.16. The van der Waals surface area contributed by atoms with E-state index in [1.807, 2.05) is 25.6 Å². The van der Waals surface area contributed by atoms with E-state index in [-0.39, 0.29) is 6.61 Å². The minimum atomic E-state index is 0.116. The summed E-state index contributed by atoms with van der Waals surface area (Å²) < 4.78 is 1.82. The number of hydrogen-bond donors (Lipinski definition) is 1. The Morgan fingerprint density at radius 1 is 1.46 bits per heavy atom. The summed E-state index contributed by atoms with van der Waals surface area (Å²) in [6, 6.07) is 0. The molecule has 1 aromatic heterocycles. The van der Waals surface area contributed by atoms with E-state index in [4.69, 9.17) is 5.11 Å². The van der Waals surface area contributed by atoms with E-state index in [2.05, 4.69) is 16.9 Å². The maximum atomic E-state index is 8.56. The average Bonchev–Trinajstić information content (AvgIpc) is 2.32. The fraction of sp³-hybridized carbons (Fsp3) is 0.500. The second kappa shape index (κ2) is 4.11. The molecular weight excluding hydrogens is 164 g/mol. The molecule has 0 aliphatic carbocycles. The summed E-state index contributed by atoms with van der Waals surface area (Å²) in [6.07, 6.45) is 0.522. The molecule has 13 heavy (non-hydrogen) atoms. The third-order valence-electron chi connectivity index (χ3n) is 1.96. The van der Waals surface area contributed by atoms with Gasteiger partial charge in [0.2, 0.25) is 0 Å². The maximum Gasteiger partial charge on any atom is 0.0752 e.